The summed E-state index contributed by atoms with van der Waals surface area (Å²) in [5.41, 5.74) is 9.19. The summed E-state index contributed by atoms with van der Waals surface area (Å²) < 4.78 is 10.9. The van der Waals surface area contributed by atoms with Crippen LogP contribution in [0.4, 0.5) is 0 Å². The Morgan fingerprint density at radius 3 is 2.27 bits per heavy atom. The maximum Gasteiger partial charge on any atom is 0.137 e. The van der Waals surface area contributed by atoms with Crippen LogP contribution in [-0.2, 0) is 12.8 Å². The van der Waals surface area contributed by atoms with E-state index in [2.05, 4.69) is 135 Å². The molecule has 0 radical (unpaired) electrons. The molecule has 0 bridgehead atoms. The van der Waals surface area contributed by atoms with Crippen LogP contribution in [0, 0.1) is 12.3 Å². The van der Waals surface area contributed by atoms with Gasteiger partial charge in [-0.15, -0.1) is 0 Å². The maximum absolute atomic E-state index is 6.57. The number of aromatic nitrogens is 4. The Kier molecular flexibility index (Phi) is 7.25. The van der Waals surface area contributed by atoms with Gasteiger partial charge in [0.15, 0.2) is 0 Å². The van der Waals surface area contributed by atoms with Gasteiger partial charge in [-0.2, -0.15) is 5.10 Å². The van der Waals surface area contributed by atoms with E-state index in [0.717, 1.165) is 52.6 Å². The fourth-order valence-corrected chi connectivity index (χ4v) is 6.29. The van der Waals surface area contributed by atoms with E-state index in [1.165, 1.54) is 33.2 Å². The second-order valence-corrected chi connectivity index (χ2v) is 13.0. The zero-order valence-electron chi connectivity index (χ0n) is 26.6. The van der Waals surface area contributed by atoms with Gasteiger partial charge < -0.3 is 4.74 Å². The van der Waals surface area contributed by atoms with Crippen LogP contribution < -0.4 is 4.74 Å². The summed E-state index contributed by atoms with van der Waals surface area (Å²) in [6.07, 6.45) is 3.62. The van der Waals surface area contributed by atoms with Crippen LogP contribution in [0.25, 0.3) is 44.4 Å². The molecule has 0 aliphatic rings. The van der Waals surface area contributed by atoms with Crippen molar-refractivity contribution in [2.24, 2.45) is 5.41 Å². The van der Waals surface area contributed by atoms with Gasteiger partial charge in [0.05, 0.1) is 28.1 Å². The molecule has 0 spiro atoms. The molecule has 0 fully saturated rings. The monoisotopic (exact) mass is 590 g/mol. The SMILES string of the molecule is CCc1nn(-c2cccc(Oc3ccc4c5ccccc5n(-c5cc(C)ccn5)c4c3)c2)c(CC(C)(C)C)c1-c1ccccc1. The Labute approximate surface area is 264 Å². The minimum Gasteiger partial charge on any atom is -0.457 e. The number of pyridine rings is 1. The number of rotatable bonds is 7. The van der Waals surface area contributed by atoms with Crippen LogP contribution in [0.2, 0.25) is 0 Å². The number of fused-ring (bicyclic) bond motifs is 3. The van der Waals surface area contributed by atoms with Crippen molar-refractivity contribution in [3.63, 3.8) is 0 Å². The lowest BCUT2D eigenvalue weighted by atomic mass is 9.87. The summed E-state index contributed by atoms with van der Waals surface area (Å²) in [5, 5.41) is 7.53. The largest absolute Gasteiger partial charge is 0.457 e. The van der Waals surface area contributed by atoms with E-state index < -0.39 is 0 Å². The summed E-state index contributed by atoms with van der Waals surface area (Å²) in [5.74, 6) is 2.43. The molecule has 0 amide bonds. The fourth-order valence-electron chi connectivity index (χ4n) is 6.29. The highest BCUT2D eigenvalue weighted by Crippen LogP contribution is 2.37. The lowest BCUT2D eigenvalue weighted by Crippen LogP contribution is -2.14. The third-order valence-electron chi connectivity index (χ3n) is 8.22. The first-order chi connectivity index (χ1) is 21.8. The van der Waals surface area contributed by atoms with Crippen LogP contribution in [0.15, 0.2) is 115 Å². The van der Waals surface area contributed by atoms with Gasteiger partial charge in [0.2, 0.25) is 0 Å². The average Bonchev–Trinajstić information content (AvgIpc) is 3.55. The van der Waals surface area contributed by atoms with Crippen molar-refractivity contribution < 1.29 is 4.74 Å². The van der Waals surface area contributed by atoms with E-state index >= 15 is 0 Å². The van der Waals surface area contributed by atoms with Crippen molar-refractivity contribution in [1.29, 1.82) is 0 Å². The summed E-state index contributed by atoms with van der Waals surface area (Å²) in [7, 11) is 0. The van der Waals surface area contributed by atoms with E-state index in [0.29, 0.717) is 0 Å². The number of ether oxygens (including phenoxy) is 1. The van der Waals surface area contributed by atoms with Gasteiger partial charge in [0, 0.05) is 34.7 Å². The molecule has 45 heavy (non-hydrogen) atoms. The van der Waals surface area contributed by atoms with Gasteiger partial charge in [-0.05, 0) is 78.8 Å². The third-order valence-corrected chi connectivity index (χ3v) is 8.22. The first-order valence-corrected chi connectivity index (χ1v) is 15.7. The molecule has 7 rings (SSSR count). The molecule has 4 aromatic carbocycles. The molecule has 0 saturated heterocycles. The zero-order chi connectivity index (χ0) is 31.1. The predicted octanol–water partition coefficient (Wildman–Crippen LogP) is 10.3. The third kappa shape index (κ3) is 5.51. The number of hydrogen-bond donors (Lipinski definition) is 0. The number of aryl methyl sites for hydroxylation is 2. The van der Waals surface area contributed by atoms with Gasteiger partial charge >= 0.3 is 0 Å². The molecule has 0 N–H and O–H groups in total. The first kappa shape index (κ1) is 28.6. The predicted molar refractivity (Wildman–Crippen MR) is 185 cm³/mol. The molecule has 0 saturated carbocycles. The Balaban J connectivity index is 1.31. The molecule has 0 unspecified atom stereocenters. The highest BCUT2D eigenvalue weighted by molar-refractivity contribution is 6.09. The summed E-state index contributed by atoms with van der Waals surface area (Å²) in [4.78, 5) is 4.72. The molecule has 0 atom stereocenters. The van der Waals surface area contributed by atoms with Crippen molar-refractivity contribution in [1.82, 2.24) is 19.3 Å². The molecule has 224 valence electrons. The van der Waals surface area contributed by atoms with E-state index in [1.807, 2.05) is 24.4 Å². The lowest BCUT2D eigenvalue weighted by molar-refractivity contribution is 0.402. The molecule has 3 heterocycles. The van der Waals surface area contributed by atoms with Gasteiger partial charge in [0.25, 0.3) is 0 Å². The molecule has 7 aromatic rings. The van der Waals surface area contributed by atoms with E-state index in [-0.39, 0.29) is 5.41 Å². The van der Waals surface area contributed by atoms with Crippen molar-refractivity contribution in [3.05, 3.63) is 132 Å². The van der Waals surface area contributed by atoms with Crippen LogP contribution in [0.3, 0.4) is 0 Å². The van der Waals surface area contributed by atoms with Crippen molar-refractivity contribution in [3.8, 4) is 34.1 Å². The first-order valence-electron chi connectivity index (χ1n) is 15.7. The summed E-state index contributed by atoms with van der Waals surface area (Å²) in [6, 6.07) is 37.9. The normalized spacial score (nSPS) is 11.8. The molecular formula is C40H38N4O. The van der Waals surface area contributed by atoms with Crippen molar-refractivity contribution >= 4 is 21.8 Å². The number of hydrogen-bond acceptors (Lipinski definition) is 3. The number of benzene rings is 4. The van der Waals surface area contributed by atoms with Crippen molar-refractivity contribution in [2.45, 2.75) is 47.5 Å². The Hall–Kier alpha value is -5.16. The topological polar surface area (TPSA) is 44.9 Å². The van der Waals surface area contributed by atoms with Gasteiger partial charge in [0.1, 0.15) is 17.3 Å². The second kappa shape index (κ2) is 11.4. The van der Waals surface area contributed by atoms with Crippen LogP contribution in [0.5, 0.6) is 11.5 Å². The molecular weight excluding hydrogens is 552 g/mol. The second-order valence-electron chi connectivity index (χ2n) is 13.0. The summed E-state index contributed by atoms with van der Waals surface area (Å²) >= 11 is 0. The fraction of sp³-hybridized carbons (Fsp3) is 0.200. The van der Waals surface area contributed by atoms with E-state index in [1.54, 1.807) is 0 Å². The molecule has 5 nitrogen and oxygen atoms in total. The van der Waals surface area contributed by atoms with Crippen LogP contribution >= 0.6 is 0 Å². The Morgan fingerprint density at radius 1 is 0.733 bits per heavy atom. The maximum atomic E-state index is 6.57. The number of para-hydroxylation sites is 1. The zero-order valence-corrected chi connectivity index (χ0v) is 26.6. The number of nitrogens with zero attached hydrogens (tertiary/aromatic N) is 4. The Bertz CT molecular complexity index is 2150. The van der Waals surface area contributed by atoms with Gasteiger partial charge in [-0.3, -0.25) is 4.57 Å². The molecule has 0 aliphatic carbocycles. The van der Waals surface area contributed by atoms with Crippen LogP contribution in [-0.4, -0.2) is 19.3 Å². The van der Waals surface area contributed by atoms with Crippen molar-refractivity contribution in [2.75, 3.05) is 0 Å². The van der Waals surface area contributed by atoms with Crippen LogP contribution in [0.1, 0.15) is 44.6 Å². The van der Waals surface area contributed by atoms with E-state index in [4.69, 9.17) is 14.8 Å². The highest BCUT2D eigenvalue weighted by Gasteiger charge is 2.24. The van der Waals surface area contributed by atoms with Gasteiger partial charge in [-0.1, -0.05) is 82.3 Å². The average molecular weight is 591 g/mol. The minimum absolute atomic E-state index is 0.0838. The minimum atomic E-state index is 0.0838. The quantitative estimate of drug-likeness (QED) is 0.186. The molecule has 0 aliphatic heterocycles. The molecule has 5 heteroatoms. The summed E-state index contributed by atoms with van der Waals surface area (Å²) in [6.45, 7) is 11.1. The standard InChI is InChI=1S/C40H38N4O/c1-6-34-39(28-13-8-7-9-14-28)37(26-40(3,4)5)44(42-34)29-15-12-16-30(24-29)45-31-19-20-33-32-17-10-11-18-35(32)43(36(33)25-31)38-23-27(2)21-22-41-38/h7-25H,6,26H2,1-5H3. The highest BCUT2D eigenvalue weighted by atomic mass is 16.5. The Morgan fingerprint density at radius 2 is 1.49 bits per heavy atom. The van der Waals surface area contributed by atoms with Gasteiger partial charge in [-0.25, -0.2) is 9.67 Å². The smallest absolute Gasteiger partial charge is 0.137 e. The van der Waals surface area contributed by atoms with E-state index in [9.17, 15) is 0 Å². The lowest BCUT2D eigenvalue weighted by Gasteiger charge is -2.21. The molecule has 3 aromatic heterocycles.